The molecule has 1 saturated carbocycles. The van der Waals surface area contributed by atoms with E-state index in [0.29, 0.717) is 10.6 Å². The van der Waals surface area contributed by atoms with Crippen molar-refractivity contribution in [3.63, 3.8) is 0 Å². The van der Waals surface area contributed by atoms with Gasteiger partial charge in [0.15, 0.2) is 9.84 Å². The molecule has 1 aromatic rings. The van der Waals surface area contributed by atoms with E-state index in [1.807, 2.05) is 6.07 Å². The summed E-state index contributed by atoms with van der Waals surface area (Å²) < 4.78 is 23.9. The lowest BCUT2D eigenvalue weighted by molar-refractivity contribution is 0.593. The highest BCUT2D eigenvalue weighted by atomic mass is 35.5. The van der Waals surface area contributed by atoms with Crippen LogP contribution >= 0.6 is 11.6 Å². The second-order valence-corrected chi connectivity index (χ2v) is 7.30. The lowest BCUT2D eigenvalue weighted by Crippen LogP contribution is -2.29. The van der Waals surface area contributed by atoms with Crippen molar-refractivity contribution in [1.82, 2.24) is 0 Å². The summed E-state index contributed by atoms with van der Waals surface area (Å²) in [6.45, 7) is 1.56. The molecule has 1 aromatic carbocycles. The third-order valence-electron chi connectivity index (χ3n) is 3.37. The van der Waals surface area contributed by atoms with Gasteiger partial charge in [0.1, 0.15) is 10.8 Å². The third kappa shape index (κ3) is 1.91. The van der Waals surface area contributed by atoms with Crippen LogP contribution in [0, 0.1) is 11.3 Å². The van der Waals surface area contributed by atoms with Crippen molar-refractivity contribution in [2.45, 2.75) is 23.6 Å². The number of halogens is 1. The van der Waals surface area contributed by atoms with Crippen molar-refractivity contribution in [1.29, 1.82) is 5.26 Å². The summed E-state index contributed by atoms with van der Waals surface area (Å²) >= 11 is 5.88. The zero-order chi connectivity index (χ0) is 13.6. The number of nitriles is 1. The highest BCUT2D eigenvalue weighted by Crippen LogP contribution is 2.54. The lowest BCUT2D eigenvalue weighted by Gasteiger charge is -2.00. The van der Waals surface area contributed by atoms with Gasteiger partial charge in [-0.25, -0.2) is 8.42 Å². The number of hydrogen-bond acceptors (Lipinski definition) is 4. The first-order chi connectivity index (χ1) is 8.36. The summed E-state index contributed by atoms with van der Waals surface area (Å²) in [5.74, 6) is -0.513. The summed E-state index contributed by atoms with van der Waals surface area (Å²) in [6, 6.07) is 8.76. The van der Waals surface area contributed by atoms with E-state index in [4.69, 9.17) is 22.6 Å². The normalized spacial score (nSPS) is 30.8. The first kappa shape index (κ1) is 13.3. The van der Waals surface area contributed by atoms with E-state index in [2.05, 4.69) is 0 Å². The molecule has 1 aliphatic carbocycles. The molecule has 0 heterocycles. The Hall–Kier alpha value is -1.09. The Morgan fingerprint density at radius 3 is 2.72 bits per heavy atom. The van der Waals surface area contributed by atoms with Crippen LogP contribution in [0.1, 0.15) is 18.4 Å². The highest BCUT2D eigenvalue weighted by molar-refractivity contribution is 7.92. The fourth-order valence-electron chi connectivity index (χ4n) is 2.34. The summed E-state index contributed by atoms with van der Waals surface area (Å²) in [4.78, 5) is 0. The summed E-state index contributed by atoms with van der Waals surface area (Å²) in [7, 11) is -3.35. The Morgan fingerprint density at radius 1 is 1.56 bits per heavy atom. The third-order valence-corrected chi connectivity index (χ3v) is 5.85. The van der Waals surface area contributed by atoms with Crippen molar-refractivity contribution in [3.05, 3.63) is 34.9 Å². The lowest BCUT2D eigenvalue weighted by atomic mass is 10.1. The molecule has 0 amide bonds. The predicted octanol–water partition coefficient (Wildman–Crippen LogP) is 1.46. The van der Waals surface area contributed by atoms with Gasteiger partial charge in [-0.15, -0.1) is 0 Å². The average Bonchev–Trinajstić information content (AvgIpc) is 2.98. The van der Waals surface area contributed by atoms with Gasteiger partial charge >= 0.3 is 0 Å². The predicted molar refractivity (Wildman–Crippen MR) is 70.0 cm³/mol. The fraction of sp³-hybridized carbons (Fsp3) is 0.417. The molecule has 0 spiro atoms. The minimum Gasteiger partial charge on any atom is -0.312 e. The van der Waals surface area contributed by atoms with E-state index in [1.165, 1.54) is 0 Å². The van der Waals surface area contributed by atoms with Crippen LogP contribution in [0.15, 0.2) is 24.3 Å². The first-order valence-electron chi connectivity index (χ1n) is 5.54. The molecule has 1 aliphatic rings. The van der Waals surface area contributed by atoms with Gasteiger partial charge in [-0.1, -0.05) is 30.7 Å². The van der Waals surface area contributed by atoms with Gasteiger partial charge in [0.25, 0.3) is 0 Å². The Kier molecular flexibility index (Phi) is 3.14. The van der Waals surface area contributed by atoms with E-state index < -0.39 is 26.5 Å². The van der Waals surface area contributed by atoms with Crippen LogP contribution in [0.5, 0.6) is 0 Å². The maximum Gasteiger partial charge on any atom is 0.156 e. The Bertz CT molecular complexity index is 623. The van der Waals surface area contributed by atoms with Gasteiger partial charge < -0.3 is 5.73 Å². The number of sulfone groups is 1. The van der Waals surface area contributed by atoms with Crippen LogP contribution in [-0.4, -0.2) is 25.0 Å². The number of benzene rings is 1. The second-order valence-electron chi connectivity index (χ2n) is 4.45. The van der Waals surface area contributed by atoms with Gasteiger partial charge in [0.2, 0.25) is 0 Å². The van der Waals surface area contributed by atoms with Crippen molar-refractivity contribution in [3.8, 4) is 6.07 Å². The molecule has 0 aliphatic heterocycles. The maximum atomic E-state index is 11.9. The molecule has 6 heteroatoms. The minimum atomic E-state index is -3.35. The molecule has 0 aromatic heterocycles. The van der Waals surface area contributed by atoms with Gasteiger partial charge in [0.05, 0.1) is 6.07 Å². The van der Waals surface area contributed by atoms with Crippen LogP contribution in [0.25, 0.3) is 0 Å². The first-order valence-corrected chi connectivity index (χ1v) is 7.63. The van der Waals surface area contributed by atoms with E-state index in [1.54, 1.807) is 31.2 Å². The molecule has 0 bridgehead atoms. The smallest absolute Gasteiger partial charge is 0.156 e. The van der Waals surface area contributed by atoms with Crippen molar-refractivity contribution in [2.75, 3.05) is 5.75 Å². The van der Waals surface area contributed by atoms with Crippen LogP contribution in [0.3, 0.4) is 0 Å². The van der Waals surface area contributed by atoms with Gasteiger partial charge in [0, 0.05) is 16.7 Å². The van der Waals surface area contributed by atoms with Gasteiger partial charge in [-0.3, -0.25) is 0 Å². The second kappa shape index (κ2) is 4.23. The van der Waals surface area contributed by atoms with E-state index in [9.17, 15) is 8.42 Å². The number of nitrogens with zero attached hydrogens (tertiary/aromatic N) is 1. The van der Waals surface area contributed by atoms with Gasteiger partial charge in [-0.05, 0) is 17.7 Å². The van der Waals surface area contributed by atoms with E-state index in [0.717, 1.165) is 0 Å². The number of nitrogens with two attached hydrogens (primary N) is 1. The molecule has 2 N–H and O–H groups in total. The Labute approximate surface area is 111 Å². The molecule has 0 radical (unpaired) electrons. The summed E-state index contributed by atoms with van der Waals surface area (Å²) in [5, 5.41) is 8.80. The largest absolute Gasteiger partial charge is 0.312 e. The fourth-order valence-corrected chi connectivity index (χ4v) is 4.41. The van der Waals surface area contributed by atoms with Crippen LogP contribution in [0.2, 0.25) is 5.02 Å². The van der Waals surface area contributed by atoms with Crippen LogP contribution < -0.4 is 5.73 Å². The Morgan fingerprint density at radius 2 is 2.22 bits per heavy atom. The molecule has 1 fully saturated rings. The quantitative estimate of drug-likeness (QED) is 0.911. The Balaban J connectivity index is 2.45. The molecule has 4 nitrogen and oxygen atoms in total. The average molecular weight is 285 g/mol. The van der Waals surface area contributed by atoms with Crippen LogP contribution in [-0.2, 0) is 9.84 Å². The molecule has 96 valence electrons. The van der Waals surface area contributed by atoms with Crippen LogP contribution in [0.4, 0.5) is 0 Å². The van der Waals surface area contributed by atoms with Crippen molar-refractivity contribution >= 4 is 21.4 Å². The molecular weight excluding hydrogens is 272 g/mol. The van der Waals surface area contributed by atoms with E-state index in [-0.39, 0.29) is 5.75 Å². The monoisotopic (exact) mass is 284 g/mol. The zero-order valence-corrected chi connectivity index (χ0v) is 11.4. The van der Waals surface area contributed by atoms with Gasteiger partial charge in [-0.2, -0.15) is 5.26 Å². The van der Waals surface area contributed by atoms with Crippen molar-refractivity contribution < 1.29 is 8.42 Å². The maximum absolute atomic E-state index is 11.9. The molecule has 0 unspecified atom stereocenters. The zero-order valence-electron chi connectivity index (χ0n) is 9.80. The summed E-state index contributed by atoms with van der Waals surface area (Å²) in [6.07, 6.45) is 0. The highest BCUT2D eigenvalue weighted by Gasteiger charge is 2.69. The van der Waals surface area contributed by atoms with E-state index >= 15 is 0 Å². The summed E-state index contributed by atoms with van der Waals surface area (Å²) in [5.41, 5.74) is 5.26. The molecular formula is C12H13ClN2O2S. The van der Waals surface area contributed by atoms with Crippen molar-refractivity contribution in [2.24, 2.45) is 5.73 Å². The molecule has 2 rings (SSSR count). The SMILES string of the molecule is CCS(=O)(=O)[C@@H]1[C@H](c2cccc(Cl)c2)[C@]1(N)C#N. The number of rotatable bonds is 3. The molecule has 18 heavy (non-hydrogen) atoms. The molecule has 3 atom stereocenters. The topological polar surface area (TPSA) is 83.9 Å². The number of hydrogen-bond donors (Lipinski definition) is 1. The standard InChI is InChI=1S/C12H13ClN2O2S/c1-2-18(16,17)11-10(12(11,15)7-14)8-4-3-5-9(13)6-8/h3-6,10-11H,2,15H2,1H3/t10-,11+,12+/m0/s1. The molecule has 0 saturated heterocycles. The minimum absolute atomic E-state index is 0.0185.